The predicted octanol–water partition coefficient (Wildman–Crippen LogP) is 5.71. The number of aromatic nitrogens is 4. The maximum atomic E-state index is 14.0. The van der Waals surface area contributed by atoms with Crippen LogP contribution in [0.4, 0.5) is 0 Å². The van der Waals surface area contributed by atoms with Gasteiger partial charge >= 0.3 is 5.76 Å². The molecule has 8 heteroatoms. The van der Waals surface area contributed by atoms with E-state index in [2.05, 4.69) is 17.1 Å². The van der Waals surface area contributed by atoms with Crippen LogP contribution in [-0.2, 0) is 18.4 Å². The Morgan fingerprint density at radius 2 is 1.71 bits per heavy atom. The topological polar surface area (TPSA) is 114 Å². The first kappa shape index (κ1) is 28.0. The van der Waals surface area contributed by atoms with Crippen molar-refractivity contribution in [3.05, 3.63) is 122 Å². The lowest BCUT2D eigenvalue weighted by molar-refractivity contribution is 0.0786. The molecule has 3 aromatic carbocycles. The quantitative estimate of drug-likeness (QED) is 0.243. The van der Waals surface area contributed by atoms with Crippen molar-refractivity contribution in [3.8, 4) is 28.2 Å². The summed E-state index contributed by atoms with van der Waals surface area (Å²) in [5.41, 5.74) is 5.37. The van der Waals surface area contributed by atoms with Gasteiger partial charge in [0.15, 0.2) is 5.82 Å². The molecule has 2 aromatic heterocycles. The lowest BCUT2D eigenvalue weighted by Crippen LogP contribution is -2.28. The van der Waals surface area contributed by atoms with Crippen LogP contribution in [0, 0.1) is 6.92 Å². The summed E-state index contributed by atoms with van der Waals surface area (Å²) in [5.74, 6) is 0.388. The molecule has 0 amide bonds. The van der Waals surface area contributed by atoms with Gasteiger partial charge in [0, 0.05) is 17.5 Å². The summed E-state index contributed by atoms with van der Waals surface area (Å²) in [4.78, 5) is 33.1. The largest absolute Gasteiger partial charge is 0.439 e. The van der Waals surface area contributed by atoms with Crippen molar-refractivity contribution in [2.24, 2.45) is 0 Å². The molecule has 8 nitrogen and oxygen atoms in total. The molecule has 5 rings (SSSR count). The Balaban J connectivity index is 1.53. The zero-order chi connectivity index (χ0) is 29.1. The van der Waals surface area contributed by atoms with Crippen molar-refractivity contribution in [2.75, 3.05) is 0 Å². The summed E-state index contributed by atoms with van der Waals surface area (Å²) in [6, 6.07) is 23.1. The fourth-order valence-electron chi connectivity index (χ4n) is 5.07. The Morgan fingerprint density at radius 1 is 0.976 bits per heavy atom. The van der Waals surface area contributed by atoms with Crippen LogP contribution < -0.4 is 11.3 Å². The zero-order valence-corrected chi connectivity index (χ0v) is 23.8. The molecule has 5 aromatic rings. The highest BCUT2D eigenvalue weighted by Crippen LogP contribution is 2.30. The summed E-state index contributed by atoms with van der Waals surface area (Å²) in [5, 5.41) is 14.4. The number of unbranched alkanes of at least 4 members (excludes halogenated alkanes) is 1. The number of hydrogen-bond donors (Lipinski definition) is 2. The van der Waals surface area contributed by atoms with E-state index in [9.17, 15) is 14.7 Å². The third-order valence-corrected chi connectivity index (χ3v) is 7.28. The van der Waals surface area contributed by atoms with Crippen LogP contribution in [0.25, 0.3) is 28.2 Å². The highest BCUT2D eigenvalue weighted by molar-refractivity contribution is 5.80. The second-order valence-electron chi connectivity index (χ2n) is 10.8. The number of aryl methyl sites for hydroxylation is 2. The smallest absolute Gasteiger partial charge is 0.386 e. The molecule has 0 fully saturated rings. The summed E-state index contributed by atoms with van der Waals surface area (Å²) in [6.07, 6.45) is 3.11. The maximum absolute atomic E-state index is 14.0. The minimum absolute atomic E-state index is 0.0964. The number of rotatable bonds is 9. The minimum Gasteiger partial charge on any atom is -0.386 e. The number of aromatic amines is 1. The Hall–Kier alpha value is -4.56. The van der Waals surface area contributed by atoms with E-state index in [-0.39, 0.29) is 5.56 Å². The lowest BCUT2D eigenvalue weighted by Gasteiger charge is -2.20. The van der Waals surface area contributed by atoms with Gasteiger partial charge in [-0.1, -0.05) is 79.2 Å². The molecule has 0 aliphatic heterocycles. The van der Waals surface area contributed by atoms with Gasteiger partial charge in [-0.05, 0) is 68.0 Å². The highest BCUT2D eigenvalue weighted by atomic mass is 16.5. The molecular formula is C33H34N4O4. The first-order valence-corrected chi connectivity index (χ1v) is 13.8. The summed E-state index contributed by atoms with van der Waals surface area (Å²) < 4.78 is 6.35. The predicted molar refractivity (Wildman–Crippen MR) is 159 cm³/mol. The number of nitrogens with one attached hydrogen (secondary N) is 1. The number of benzene rings is 3. The number of aliphatic hydroxyl groups is 1. The molecule has 0 bridgehead atoms. The average Bonchev–Trinajstić information content (AvgIpc) is 3.40. The van der Waals surface area contributed by atoms with Gasteiger partial charge in [-0.2, -0.15) is 0 Å². The molecule has 0 spiro atoms. The van der Waals surface area contributed by atoms with Crippen LogP contribution in [0.2, 0.25) is 0 Å². The summed E-state index contributed by atoms with van der Waals surface area (Å²) in [6.45, 7) is 7.44. The van der Waals surface area contributed by atoms with Gasteiger partial charge in [-0.25, -0.2) is 9.78 Å². The van der Waals surface area contributed by atoms with E-state index in [1.165, 1.54) is 0 Å². The van der Waals surface area contributed by atoms with E-state index in [1.54, 1.807) is 18.4 Å². The van der Waals surface area contributed by atoms with Gasteiger partial charge in [-0.15, -0.1) is 0 Å². The third-order valence-electron chi connectivity index (χ3n) is 7.28. The number of nitrogens with zero attached hydrogens (tertiary/aromatic N) is 3. The van der Waals surface area contributed by atoms with Gasteiger partial charge in [-0.3, -0.25) is 18.9 Å². The molecule has 210 valence electrons. The molecule has 0 atom stereocenters. The molecule has 0 aliphatic rings. The standard InChI is InChI=1S/C33H34N4O4/c1-5-6-14-29-28(31(38)37(21(2)34-29)25-11-9-10-24(20-25)33(3,4)40)19-22-15-17-23(18-16-22)26-12-7-8-13-27(26)30-35-32(39)41-36-30/h7-13,15-18,20,40H,5-6,14,19H2,1-4H3,(H,35,36,39). The Labute approximate surface area is 238 Å². The van der Waals surface area contributed by atoms with Crippen LogP contribution in [0.5, 0.6) is 0 Å². The van der Waals surface area contributed by atoms with E-state index in [1.807, 2.05) is 79.7 Å². The van der Waals surface area contributed by atoms with Crippen LogP contribution in [0.1, 0.15) is 61.8 Å². The van der Waals surface area contributed by atoms with Crippen molar-refractivity contribution in [1.82, 2.24) is 19.7 Å². The van der Waals surface area contributed by atoms with Crippen LogP contribution >= 0.6 is 0 Å². The third kappa shape index (κ3) is 5.98. The summed E-state index contributed by atoms with van der Waals surface area (Å²) >= 11 is 0. The van der Waals surface area contributed by atoms with Gasteiger partial charge in [0.1, 0.15) is 5.82 Å². The van der Waals surface area contributed by atoms with E-state index in [0.29, 0.717) is 29.3 Å². The number of H-pyrrole nitrogens is 1. The molecule has 41 heavy (non-hydrogen) atoms. The zero-order valence-electron chi connectivity index (χ0n) is 23.8. The second kappa shape index (κ2) is 11.5. The Morgan fingerprint density at radius 3 is 2.37 bits per heavy atom. The Kier molecular flexibility index (Phi) is 7.85. The van der Waals surface area contributed by atoms with Crippen LogP contribution in [-0.4, -0.2) is 24.8 Å². The first-order valence-electron chi connectivity index (χ1n) is 13.8. The van der Waals surface area contributed by atoms with Crippen molar-refractivity contribution >= 4 is 0 Å². The van der Waals surface area contributed by atoms with E-state index in [4.69, 9.17) is 9.51 Å². The fourth-order valence-corrected chi connectivity index (χ4v) is 5.07. The van der Waals surface area contributed by atoms with Crippen LogP contribution in [0.15, 0.2) is 86.9 Å². The molecule has 0 unspecified atom stereocenters. The van der Waals surface area contributed by atoms with Crippen molar-refractivity contribution in [2.45, 2.75) is 59.0 Å². The molecule has 0 saturated heterocycles. The second-order valence-corrected chi connectivity index (χ2v) is 10.8. The van der Waals surface area contributed by atoms with E-state index >= 15 is 0 Å². The van der Waals surface area contributed by atoms with E-state index < -0.39 is 11.4 Å². The van der Waals surface area contributed by atoms with Gasteiger partial charge < -0.3 is 5.11 Å². The van der Waals surface area contributed by atoms with Gasteiger partial charge in [0.2, 0.25) is 0 Å². The maximum Gasteiger partial charge on any atom is 0.439 e. The lowest BCUT2D eigenvalue weighted by atomic mass is 9.96. The first-order chi connectivity index (χ1) is 19.7. The molecule has 0 saturated carbocycles. The molecule has 0 aliphatic carbocycles. The monoisotopic (exact) mass is 550 g/mol. The molecular weight excluding hydrogens is 516 g/mol. The Bertz CT molecular complexity index is 1790. The van der Waals surface area contributed by atoms with Crippen molar-refractivity contribution < 1.29 is 9.63 Å². The fraction of sp³-hybridized carbons (Fsp3) is 0.273. The van der Waals surface area contributed by atoms with E-state index in [0.717, 1.165) is 52.8 Å². The SMILES string of the molecule is CCCCc1nc(C)n(-c2cccc(C(C)(C)O)c2)c(=O)c1Cc1ccc(-c2ccccc2-c2noc(=O)[nH]2)cc1. The normalized spacial score (nSPS) is 11.6. The molecule has 2 N–H and O–H groups in total. The minimum atomic E-state index is -1.03. The van der Waals surface area contributed by atoms with Gasteiger partial charge in [0.25, 0.3) is 5.56 Å². The molecule has 0 radical (unpaired) electrons. The number of hydrogen-bond acceptors (Lipinski definition) is 6. The highest BCUT2D eigenvalue weighted by Gasteiger charge is 2.20. The molecule has 2 heterocycles. The summed E-state index contributed by atoms with van der Waals surface area (Å²) in [7, 11) is 0. The average molecular weight is 551 g/mol. The van der Waals surface area contributed by atoms with Crippen molar-refractivity contribution in [3.63, 3.8) is 0 Å². The van der Waals surface area contributed by atoms with Crippen molar-refractivity contribution in [1.29, 1.82) is 0 Å². The van der Waals surface area contributed by atoms with Gasteiger partial charge in [0.05, 0.1) is 17.0 Å². The van der Waals surface area contributed by atoms with Crippen LogP contribution in [0.3, 0.4) is 0 Å².